The number of nitriles is 1. The zero-order chi connectivity index (χ0) is 13.1. The summed E-state index contributed by atoms with van der Waals surface area (Å²) in [6.07, 6.45) is -1.18. The van der Waals surface area contributed by atoms with Gasteiger partial charge in [-0.1, -0.05) is 36.4 Å². The monoisotopic (exact) mass is 241 g/mol. The highest BCUT2D eigenvalue weighted by atomic mass is 16.5. The third-order valence-corrected chi connectivity index (χ3v) is 2.84. The molecule has 92 valence electrons. The van der Waals surface area contributed by atoms with E-state index in [9.17, 15) is 5.11 Å². The van der Waals surface area contributed by atoms with Crippen LogP contribution in [-0.2, 0) is 0 Å². The number of aliphatic hydroxyl groups excluding tert-OH is 1. The van der Waals surface area contributed by atoms with Gasteiger partial charge in [0, 0.05) is 10.9 Å². The smallest absolute Gasteiger partial charge is 0.181 e. The van der Waals surface area contributed by atoms with Crippen LogP contribution >= 0.6 is 0 Å². The first-order valence-electron chi connectivity index (χ1n) is 5.89. The Morgan fingerprint density at radius 1 is 1.17 bits per heavy atom. The minimum atomic E-state index is -0.629. The maximum absolute atomic E-state index is 9.79. The van der Waals surface area contributed by atoms with Crippen molar-refractivity contribution in [3.8, 4) is 11.8 Å². The van der Waals surface area contributed by atoms with Crippen LogP contribution in [0.1, 0.15) is 25.5 Å². The van der Waals surface area contributed by atoms with Gasteiger partial charge < -0.3 is 9.84 Å². The van der Waals surface area contributed by atoms with Crippen molar-refractivity contribution in [2.45, 2.75) is 26.1 Å². The first kappa shape index (κ1) is 12.4. The van der Waals surface area contributed by atoms with Crippen LogP contribution in [0.25, 0.3) is 10.8 Å². The Morgan fingerprint density at radius 3 is 2.56 bits per heavy atom. The van der Waals surface area contributed by atoms with Crippen LogP contribution in [0.5, 0.6) is 5.75 Å². The topological polar surface area (TPSA) is 53.2 Å². The van der Waals surface area contributed by atoms with Crippen LogP contribution in [0.4, 0.5) is 0 Å². The van der Waals surface area contributed by atoms with Crippen molar-refractivity contribution in [2.75, 3.05) is 0 Å². The van der Waals surface area contributed by atoms with Gasteiger partial charge >= 0.3 is 0 Å². The molecular weight excluding hydrogens is 226 g/mol. The van der Waals surface area contributed by atoms with Gasteiger partial charge in [-0.3, -0.25) is 0 Å². The molecule has 0 aromatic heterocycles. The SMILES string of the molecule is CC(C#N)Oc1c(C(C)O)ccc2ccccc12. The number of hydrogen-bond acceptors (Lipinski definition) is 3. The van der Waals surface area contributed by atoms with E-state index in [1.54, 1.807) is 13.8 Å². The van der Waals surface area contributed by atoms with Crippen LogP contribution in [0.3, 0.4) is 0 Å². The molecule has 0 bridgehead atoms. The second-order valence-corrected chi connectivity index (χ2v) is 4.27. The maximum Gasteiger partial charge on any atom is 0.181 e. The molecule has 0 aliphatic carbocycles. The standard InChI is InChI=1S/C15H15NO2/c1-10(9-16)18-15-13(11(2)17)8-7-12-5-3-4-6-14(12)15/h3-8,10-11,17H,1-2H3. The van der Waals surface area contributed by atoms with Crippen LogP contribution in [0.2, 0.25) is 0 Å². The molecule has 0 saturated heterocycles. The fourth-order valence-corrected chi connectivity index (χ4v) is 1.92. The molecule has 18 heavy (non-hydrogen) atoms. The fraction of sp³-hybridized carbons (Fsp3) is 0.267. The maximum atomic E-state index is 9.79. The molecular formula is C15H15NO2. The molecule has 2 aromatic rings. The summed E-state index contributed by atoms with van der Waals surface area (Å²) in [4.78, 5) is 0. The molecule has 0 aliphatic heterocycles. The van der Waals surface area contributed by atoms with Gasteiger partial charge in [0.2, 0.25) is 0 Å². The average molecular weight is 241 g/mol. The highest BCUT2D eigenvalue weighted by Crippen LogP contribution is 2.34. The molecule has 2 unspecified atom stereocenters. The molecule has 0 fully saturated rings. The van der Waals surface area contributed by atoms with E-state index < -0.39 is 12.2 Å². The molecule has 0 saturated carbocycles. The molecule has 0 amide bonds. The van der Waals surface area contributed by atoms with Crippen molar-refractivity contribution in [1.82, 2.24) is 0 Å². The molecule has 0 spiro atoms. The highest BCUT2D eigenvalue weighted by Gasteiger charge is 2.15. The minimum absolute atomic E-state index is 0.548. The molecule has 3 heteroatoms. The van der Waals surface area contributed by atoms with Gasteiger partial charge in [0.05, 0.1) is 6.10 Å². The van der Waals surface area contributed by atoms with Crippen molar-refractivity contribution in [3.05, 3.63) is 42.0 Å². The molecule has 3 nitrogen and oxygen atoms in total. The lowest BCUT2D eigenvalue weighted by atomic mass is 10.0. The number of hydrogen-bond donors (Lipinski definition) is 1. The van der Waals surface area contributed by atoms with Crippen LogP contribution < -0.4 is 4.74 Å². The quantitative estimate of drug-likeness (QED) is 0.897. The summed E-state index contributed by atoms with van der Waals surface area (Å²) >= 11 is 0. The Labute approximate surface area is 106 Å². The minimum Gasteiger partial charge on any atom is -0.475 e. The lowest BCUT2D eigenvalue weighted by Crippen LogP contribution is -2.11. The Kier molecular flexibility index (Phi) is 3.50. The molecule has 2 atom stereocenters. The lowest BCUT2D eigenvalue weighted by Gasteiger charge is -2.17. The predicted octanol–water partition coefficient (Wildman–Crippen LogP) is 3.18. The molecule has 0 heterocycles. The van der Waals surface area contributed by atoms with E-state index >= 15 is 0 Å². The summed E-state index contributed by atoms with van der Waals surface area (Å²) in [6.45, 7) is 3.38. The van der Waals surface area contributed by atoms with Gasteiger partial charge in [-0.25, -0.2) is 0 Å². The largest absolute Gasteiger partial charge is 0.475 e. The number of rotatable bonds is 3. The van der Waals surface area contributed by atoms with Gasteiger partial charge in [-0.05, 0) is 19.2 Å². The first-order chi connectivity index (χ1) is 8.63. The molecule has 1 N–H and O–H groups in total. The van der Waals surface area contributed by atoms with Crippen molar-refractivity contribution >= 4 is 10.8 Å². The number of benzene rings is 2. The van der Waals surface area contributed by atoms with Crippen molar-refractivity contribution < 1.29 is 9.84 Å². The molecule has 0 aliphatic rings. The third kappa shape index (κ3) is 2.29. The predicted molar refractivity (Wildman–Crippen MR) is 70.3 cm³/mol. The van der Waals surface area contributed by atoms with Crippen LogP contribution in [0.15, 0.2) is 36.4 Å². The Balaban J connectivity index is 2.63. The first-order valence-corrected chi connectivity index (χ1v) is 5.89. The van der Waals surface area contributed by atoms with E-state index in [0.29, 0.717) is 11.3 Å². The van der Waals surface area contributed by atoms with Crippen molar-refractivity contribution in [3.63, 3.8) is 0 Å². The van der Waals surface area contributed by atoms with Gasteiger partial charge in [0.25, 0.3) is 0 Å². The zero-order valence-corrected chi connectivity index (χ0v) is 10.4. The average Bonchev–Trinajstić information content (AvgIpc) is 2.38. The summed E-state index contributed by atoms with van der Waals surface area (Å²) in [5.41, 5.74) is 0.704. The Bertz CT molecular complexity index is 599. The van der Waals surface area contributed by atoms with Gasteiger partial charge in [0.1, 0.15) is 11.8 Å². The van der Waals surface area contributed by atoms with E-state index in [0.717, 1.165) is 10.8 Å². The van der Waals surface area contributed by atoms with E-state index in [1.165, 1.54) is 0 Å². The summed E-state index contributed by atoms with van der Waals surface area (Å²) in [5.74, 6) is 0.595. The van der Waals surface area contributed by atoms with E-state index in [1.807, 2.05) is 42.5 Å². The summed E-state index contributed by atoms with van der Waals surface area (Å²) in [7, 11) is 0. The number of aliphatic hydroxyl groups is 1. The highest BCUT2D eigenvalue weighted by molar-refractivity contribution is 5.89. The van der Waals surface area contributed by atoms with Crippen LogP contribution in [0, 0.1) is 11.3 Å². The number of nitrogens with zero attached hydrogens (tertiary/aromatic N) is 1. The van der Waals surface area contributed by atoms with E-state index in [4.69, 9.17) is 10.00 Å². The summed E-state index contributed by atoms with van der Waals surface area (Å²) in [6, 6.07) is 13.6. The normalized spacial score (nSPS) is 13.9. The number of fused-ring (bicyclic) bond motifs is 1. The molecule has 2 aromatic carbocycles. The lowest BCUT2D eigenvalue weighted by molar-refractivity contribution is 0.188. The molecule has 2 rings (SSSR count). The zero-order valence-electron chi connectivity index (χ0n) is 10.4. The van der Waals surface area contributed by atoms with Crippen molar-refractivity contribution in [1.29, 1.82) is 5.26 Å². The van der Waals surface area contributed by atoms with Gasteiger partial charge in [-0.2, -0.15) is 5.26 Å². The summed E-state index contributed by atoms with van der Waals surface area (Å²) < 4.78 is 5.65. The Hall–Kier alpha value is -2.05. The molecule has 0 radical (unpaired) electrons. The van der Waals surface area contributed by atoms with Gasteiger partial charge in [-0.15, -0.1) is 0 Å². The third-order valence-electron chi connectivity index (χ3n) is 2.84. The van der Waals surface area contributed by atoms with E-state index in [-0.39, 0.29) is 0 Å². The second kappa shape index (κ2) is 5.07. The Morgan fingerprint density at radius 2 is 1.89 bits per heavy atom. The van der Waals surface area contributed by atoms with Gasteiger partial charge in [0.15, 0.2) is 6.10 Å². The summed E-state index contributed by atoms with van der Waals surface area (Å²) in [5, 5.41) is 20.6. The number of ether oxygens (including phenoxy) is 1. The van der Waals surface area contributed by atoms with Crippen LogP contribution in [-0.4, -0.2) is 11.2 Å². The second-order valence-electron chi connectivity index (χ2n) is 4.27. The van der Waals surface area contributed by atoms with E-state index in [2.05, 4.69) is 0 Å². The fourth-order valence-electron chi connectivity index (χ4n) is 1.92. The van der Waals surface area contributed by atoms with Crippen molar-refractivity contribution in [2.24, 2.45) is 0 Å².